The largest absolute Gasteiger partial charge is 0.361 e. The van der Waals surface area contributed by atoms with Crippen molar-refractivity contribution in [3.63, 3.8) is 0 Å². The Hall–Kier alpha value is 0.220. The molecule has 3 atom stereocenters. The van der Waals surface area contributed by atoms with Crippen LogP contribution in [-0.4, -0.2) is 38.0 Å². The van der Waals surface area contributed by atoms with Crippen molar-refractivity contribution < 1.29 is 27.2 Å². The van der Waals surface area contributed by atoms with Crippen LogP contribution >= 0.6 is 15.2 Å². The highest BCUT2D eigenvalue weighted by atomic mass is 31.2. The van der Waals surface area contributed by atoms with Crippen LogP contribution in [0.25, 0.3) is 0 Å². The van der Waals surface area contributed by atoms with Crippen molar-refractivity contribution in [2.75, 3.05) is 26.4 Å². The van der Waals surface area contributed by atoms with E-state index in [1.165, 1.54) is 19.3 Å². The zero-order valence-corrected chi connectivity index (χ0v) is 18.1. The molecule has 0 heterocycles. The van der Waals surface area contributed by atoms with Crippen LogP contribution in [0.1, 0.15) is 53.4 Å². The quantitative estimate of drug-likeness (QED) is 0.345. The Morgan fingerprint density at radius 3 is 1.69 bits per heavy atom. The van der Waals surface area contributed by atoms with Crippen LogP contribution in [0.2, 0.25) is 0 Å². The standard InChI is InChI=1S/C16H34N2O6P2/c1-5-21-25(19,22-6-2)16(26(20,23-7-3)24-8-4)18-17-15-12-13-9-10-14(15)11-13/h13-18H,5-12H2,1-4H3/t13-,14+,15-/m1/s1. The zero-order chi connectivity index (χ0) is 19.2. The highest BCUT2D eigenvalue weighted by molar-refractivity contribution is 7.72. The monoisotopic (exact) mass is 412 g/mol. The number of hydrazine groups is 1. The molecule has 0 spiro atoms. The molecule has 2 rings (SSSR count). The van der Waals surface area contributed by atoms with Crippen molar-refractivity contribution in [2.45, 2.75) is 64.9 Å². The van der Waals surface area contributed by atoms with Gasteiger partial charge in [-0.05, 0) is 58.8 Å². The molecule has 2 aliphatic carbocycles. The van der Waals surface area contributed by atoms with E-state index in [0.29, 0.717) is 5.92 Å². The summed E-state index contributed by atoms with van der Waals surface area (Å²) in [6.07, 6.45) is 4.75. The number of rotatable bonds is 13. The molecule has 0 unspecified atom stereocenters. The molecule has 0 amide bonds. The molecule has 8 nitrogen and oxygen atoms in total. The summed E-state index contributed by atoms with van der Waals surface area (Å²) in [5, 5.41) is 0. The van der Waals surface area contributed by atoms with Gasteiger partial charge in [0.05, 0.1) is 26.4 Å². The average Bonchev–Trinajstić information content (AvgIpc) is 3.18. The van der Waals surface area contributed by atoms with Gasteiger partial charge < -0.3 is 18.1 Å². The lowest BCUT2D eigenvalue weighted by atomic mass is 9.96. The molecule has 26 heavy (non-hydrogen) atoms. The summed E-state index contributed by atoms with van der Waals surface area (Å²) in [6.45, 7) is 7.56. The van der Waals surface area contributed by atoms with Gasteiger partial charge in [-0.1, -0.05) is 6.42 Å². The maximum absolute atomic E-state index is 13.4. The summed E-state index contributed by atoms with van der Waals surface area (Å²) in [5.41, 5.74) is 5.02. The molecule has 10 heteroatoms. The molecular formula is C16H34N2O6P2. The van der Waals surface area contributed by atoms with E-state index in [9.17, 15) is 9.13 Å². The summed E-state index contributed by atoms with van der Waals surface area (Å²) >= 11 is 0. The van der Waals surface area contributed by atoms with E-state index in [0.717, 1.165) is 12.3 Å². The molecule has 2 fully saturated rings. The van der Waals surface area contributed by atoms with Gasteiger partial charge in [0.25, 0.3) is 0 Å². The highest BCUT2D eigenvalue weighted by Crippen LogP contribution is 2.69. The van der Waals surface area contributed by atoms with Gasteiger partial charge in [0.1, 0.15) is 0 Å². The molecule has 0 radical (unpaired) electrons. The third kappa shape index (κ3) is 5.18. The van der Waals surface area contributed by atoms with Crippen molar-refractivity contribution in [2.24, 2.45) is 11.8 Å². The van der Waals surface area contributed by atoms with E-state index in [-0.39, 0.29) is 32.5 Å². The van der Waals surface area contributed by atoms with Crippen molar-refractivity contribution >= 4 is 15.2 Å². The lowest BCUT2D eigenvalue weighted by Gasteiger charge is -2.33. The maximum Gasteiger partial charge on any atom is 0.361 e. The van der Waals surface area contributed by atoms with E-state index in [1.807, 2.05) is 0 Å². The Morgan fingerprint density at radius 1 is 0.846 bits per heavy atom. The van der Waals surface area contributed by atoms with Gasteiger partial charge in [-0.25, -0.2) is 5.43 Å². The van der Waals surface area contributed by atoms with Crippen LogP contribution in [0.4, 0.5) is 0 Å². The van der Waals surface area contributed by atoms with E-state index in [1.54, 1.807) is 27.7 Å². The van der Waals surface area contributed by atoms with Crippen molar-refractivity contribution in [1.29, 1.82) is 0 Å². The molecule has 154 valence electrons. The lowest BCUT2D eigenvalue weighted by Crippen LogP contribution is -2.49. The first-order valence-corrected chi connectivity index (χ1v) is 12.9. The first-order chi connectivity index (χ1) is 12.4. The molecular weight excluding hydrogens is 378 g/mol. The zero-order valence-electron chi connectivity index (χ0n) is 16.3. The van der Waals surface area contributed by atoms with Gasteiger partial charge in [0.2, 0.25) is 5.52 Å². The van der Waals surface area contributed by atoms with Crippen LogP contribution in [0.5, 0.6) is 0 Å². The predicted octanol–water partition coefficient (Wildman–Crippen LogP) is 4.09. The molecule has 2 bridgehead atoms. The Labute approximate surface area is 157 Å². The third-order valence-corrected chi connectivity index (χ3v) is 10.6. The summed E-state index contributed by atoms with van der Waals surface area (Å²) < 4.78 is 48.6. The fourth-order valence-electron chi connectivity index (χ4n) is 4.01. The fraction of sp³-hybridized carbons (Fsp3) is 1.00. The second-order valence-electron chi connectivity index (χ2n) is 6.69. The lowest BCUT2D eigenvalue weighted by molar-refractivity contribution is 0.183. The fourth-order valence-corrected chi connectivity index (χ4v) is 8.82. The Morgan fingerprint density at radius 2 is 1.35 bits per heavy atom. The van der Waals surface area contributed by atoms with Crippen LogP contribution in [-0.2, 0) is 27.2 Å². The van der Waals surface area contributed by atoms with Crippen molar-refractivity contribution in [1.82, 2.24) is 10.9 Å². The second kappa shape index (κ2) is 10.1. The smallest absolute Gasteiger partial charge is 0.307 e. The van der Waals surface area contributed by atoms with Gasteiger partial charge in [0, 0.05) is 6.04 Å². The predicted molar refractivity (Wildman–Crippen MR) is 101 cm³/mol. The normalized spacial score (nSPS) is 26.1. The maximum atomic E-state index is 13.4. The Kier molecular flexibility index (Phi) is 8.77. The minimum absolute atomic E-state index is 0.168. The van der Waals surface area contributed by atoms with E-state index < -0.39 is 20.7 Å². The molecule has 0 aromatic carbocycles. The highest BCUT2D eigenvalue weighted by Gasteiger charge is 2.52. The molecule has 2 N–H and O–H groups in total. The summed E-state index contributed by atoms with van der Waals surface area (Å²) in [6, 6.07) is 0.254. The SMILES string of the molecule is CCOP(=O)(OCC)C(NN[C@@H]1C[C@@H]2CC[C@H]1C2)P(=O)(OCC)OCC. The molecule has 0 aliphatic heterocycles. The molecule has 0 saturated heterocycles. The van der Waals surface area contributed by atoms with Crippen LogP contribution < -0.4 is 10.9 Å². The number of hydrogen-bond acceptors (Lipinski definition) is 8. The first-order valence-electron chi connectivity index (χ1n) is 9.71. The molecule has 0 aromatic rings. The van der Waals surface area contributed by atoms with Crippen molar-refractivity contribution in [3.05, 3.63) is 0 Å². The second-order valence-corrected chi connectivity index (χ2v) is 11.3. The van der Waals surface area contributed by atoms with Gasteiger partial charge in [0.15, 0.2) is 0 Å². The van der Waals surface area contributed by atoms with Crippen LogP contribution in [0.3, 0.4) is 0 Å². The third-order valence-electron chi connectivity index (χ3n) is 4.97. The molecule has 2 saturated carbocycles. The van der Waals surface area contributed by atoms with Crippen molar-refractivity contribution in [3.8, 4) is 0 Å². The van der Waals surface area contributed by atoms with E-state index in [4.69, 9.17) is 18.1 Å². The summed E-state index contributed by atoms with van der Waals surface area (Å²) in [7, 11) is -7.54. The Bertz CT molecular complexity index is 485. The Balaban J connectivity index is 2.21. The minimum Gasteiger partial charge on any atom is -0.307 e. The van der Waals surface area contributed by atoms with Crippen LogP contribution in [0, 0.1) is 11.8 Å². The minimum atomic E-state index is -3.77. The van der Waals surface area contributed by atoms with Gasteiger partial charge in [-0.15, -0.1) is 0 Å². The van der Waals surface area contributed by atoms with E-state index in [2.05, 4.69) is 10.9 Å². The number of nitrogens with one attached hydrogen (secondary N) is 2. The molecule has 2 aliphatic rings. The van der Waals surface area contributed by atoms with Gasteiger partial charge in [-0.2, -0.15) is 0 Å². The molecule has 0 aromatic heterocycles. The first kappa shape index (κ1) is 22.5. The topological polar surface area (TPSA) is 95.1 Å². The number of fused-ring (bicyclic) bond motifs is 2. The summed E-state index contributed by atoms with van der Waals surface area (Å²) in [5.74, 6) is 1.33. The summed E-state index contributed by atoms with van der Waals surface area (Å²) in [4.78, 5) is 0. The average molecular weight is 412 g/mol. The van der Waals surface area contributed by atoms with Gasteiger partial charge >= 0.3 is 15.2 Å². The van der Waals surface area contributed by atoms with Gasteiger partial charge in [-0.3, -0.25) is 14.6 Å². The van der Waals surface area contributed by atoms with Crippen LogP contribution in [0.15, 0.2) is 0 Å². The van der Waals surface area contributed by atoms with E-state index >= 15 is 0 Å². The number of hydrogen-bond donors (Lipinski definition) is 2.